The Bertz CT molecular complexity index is 268. The summed E-state index contributed by atoms with van der Waals surface area (Å²) in [5.41, 5.74) is 1.46. The molecule has 0 aromatic heterocycles. The number of benzene rings is 1. The summed E-state index contributed by atoms with van der Waals surface area (Å²) in [4.78, 5) is 0. The van der Waals surface area contributed by atoms with Gasteiger partial charge in [-0.3, -0.25) is 0 Å². The highest BCUT2D eigenvalue weighted by Gasteiger charge is 2.13. The molecule has 2 atom stereocenters. The van der Waals surface area contributed by atoms with Crippen LogP contribution in [0.1, 0.15) is 38.7 Å². The van der Waals surface area contributed by atoms with Crippen LogP contribution in [0.2, 0.25) is 0 Å². The van der Waals surface area contributed by atoms with Crippen molar-refractivity contribution in [1.82, 2.24) is 5.32 Å². The Kier molecular flexibility index (Phi) is 6.17. The summed E-state index contributed by atoms with van der Waals surface area (Å²) in [6, 6.07) is 11.5. The highest BCUT2D eigenvalue weighted by Crippen LogP contribution is 2.16. The van der Waals surface area contributed by atoms with Crippen molar-refractivity contribution in [3.8, 4) is 0 Å². The minimum Gasteiger partial charge on any atom is -0.317 e. The summed E-state index contributed by atoms with van der Waals surface area (Å²) in [6.07, 6.45) is 5.02. The summed E-state index contributed by atoms with van der Waals surface area (Å²) in [7, 11) is 2.08. The highest BCUT2D eigenvalue weighted by atomic mass is 14.9. The van der Waals surface area contributed by atoms with E-state index in [1.165, 1.54) is 31.2 Å². The Morgan fingerprint density at radius 1 is 1.12 bits per heavy atom. The van der Waals surface area contributed by atoms with Gasteiger partial charge in [0.25, 0.3) is 0 Å². The highest BCUT2D eigenvalue weighted by molar-refractivity contribution is 5.14. The van der Waals surface area contributed by atoms with Crippen LogP contribution in [0.4, 0.5) is 0 Å². The van der Waals surface area contributed by atoms with Gasteiger partial charge in [0.2, 0.25) is 0 Å². The average Bonchev–Trinajstić information content (AvgIpc) is 2.34. The molecule has 0 saturated heterocycles. The minimum absolute atomic E-state index is 0.675. The molecule has 0 aliphatic carbocycles. The van der Waals surface area contributed by atoms with Crippen LogP contribution in [0.3, 0.4) is 0 Å². The fourth-order valence-electron chi connectivity index (χ4n) is 2.26. The van der Waals surface area contributed by atoms with Crippen molar-refractivity contribution in [2.75, 3.05) is 7.05 Å². The van der Waals surface area contributed by atoms with E-state index < -0.39 is 0 Å². The molecule has 0 radical (unpaired) electrons. The van der Waals surface area contributed by atoms with Crippen molar-refractivity contribution in [3.63, 3.8) is 0 Å². The molecular formula is C15H25N. The Balaban J connectivity index is 2.36. The van der Waals surface area contributed by atoms with Crippen molar-refractivity contribution in [2.45, 2.75) is 45.6 Å². The van der Waals surface area contributed by atoms with E-state index in [-0.39, 0.29) is 0 Å². The lowest BCUT2D eigenvalue weighted by Gasteiger charge is -2.23. The molecule has 1 aromatic carbocycles. The predicted octanol–water partition coefficient (Wildman–Crippen LogP) is 3.64. The molecule has 0 heterocycles. The number of rotatable bonds is 7. The molecule has 0 aliphatic rings. The van der Waals surface area contributed by atoms with Crippen LogP contribution in [0.5, 0.6) is 0 Å². The zero-order valence-corrected chi connectivity index (χ0v) is 10.9. The number of nitrogens with one attached hydrogen (secondary N) is 1. The molecule has 0 fully saturated rings. The molecule has 0 amide bonds. The first kappa shape index (κ1) is 13.2. The van der Waals surface area contributed by atoms with Crippen molar-refractivity contribution in [3.05, 3.63) is 35.9 Å². The zero-order valence-electron chi connectivity index (χ0n) is 10.9. The molecule has 1 N–H and O–H groups in total. The molecule has 0 saturated carbocycles. The van der Waals surface area contributed by atoms with Crippen LogP contribution in [0, 0.1) is 5.92 Å². The molecule has 0 aliphatic heterocycles. The summed E-state index contributed by atoms with van der Waals surface area (Å²) >= 11 is 0. The quantitative estimate of drug-likeness (QED) is 0.738. The Morgan fingerprint density at radius 3 is 2.38 bits per heavy atom. The minimum atomic E-state index is 0.675. The molecule has 1 heteroatoms. The van der Waals surface area contributed by atoms with E-state index in [2.05, 4.69) is 56.5 Å². The van der Waals surface area contributed by atoms with Crippen LogP contribution >= 0.6 is 0 Å². The summed E-state index contributed by atoms with van der Waals surface area (Å²) in [5, 5.41) is 3.44. The second-order valence-corrected chi connectivity index (χ2v) is 4.69. The molecule has 1 nitrogen and oxygen atoms in total. The smallest absolute Gasteiger partial charge is 0.00897 e. The van der Waals surface area contributed by atoms with Gasteiger partial charge in [-0.25, -0.2) is 0 Å². The van der Waals surface area contributed by atoms with Gasteiger partial charge in [0, 0.05) is 6.04 Å². The van der Waals surface area contributed by atoms with Crippen LogP contribution in [-0.2, 0) is 6.42 Å². The van der Waals surface area contributed by atoms with Gasteiger partial charge in [-0.2, -0.15) is 0 Å². The lowest BCUT2D eigenvalue weighted by Crippen LogP contribution is -2.32. The molecule has 0 spiro atoms. The molecule has 0 bridgehead atoms. The maximum absolute atomic E-state index is 3.44. The zero-order chi connectivity index (χ0) is 11.8. The van der Waals surface area contributed by atoms with E-state index in [4.69, 9.17) is 0 Å². The average molecular weight is 219 g/mol. The van der Waals surface area contributed by atoms with E-state index in [0.29, 0.717) is 6.04 Å². The molecule has 2 unspecified atom stereocenters. The summed E-state index contributed by atoms with van der Waals surface area (Å²) in [6.45, 7) is 4.62. The van der Waals surface area contributed by atoms with Crippen molar-refractivity contribution in [1.29, 1.82) is 0 Å². The first-order valence-corrected chi connectivity index (χ1v) is 6.49. The number of hydrogen-bond acceptors (Lipinski definition) is 1. The number of aryl methyl sites for hydroxylation is 1. The van der Waals surface area contributed by atoms with Gasteiger partial charge < -0.3 is 5.32 Å². The van der Waals surface area contributed by atoms with Gasteiger partial charge in [-0.05, 0) is 37.8 Å². The molecule has 1 rings (SSSR count). The number of hydrogen-bond donors (Lipinski definition) is 1. The van der Waals surface area contributed by atoms with Crippen LogP contribution < -0.4 is 5.32 Å². The fourth-order valence-corrected chi connectivity index (χ4v) is 2.26. The van der Waals surface area contributed by atoms with Crippen LogP contribution in [0.15, 0.2) is 30.3 Å². The first-order valence-electron chi connectivity index (χ1n) is 6.49. The van der Waals surface area contributed by atoms with Gasteiger partial charge in [0.1, 0.15) is 0 Å². The summed E-state index contributed by atoms with van der Waals surface area (Å²) < 4.78 is 0. The second kappa shape index (κ2) is 7.45. The normalized spacial score (nSPS) is 14.7. The van der Waals surface area contributed by atoms with E-state index in [1.54, 1.807) is 0 Å². The third-order valence-electron chi connectivity index (χ3n) is 3.39. The van der Waals surface area contributed by atoms with Crippen LogP contribution in [0.25, 0.3) is 0 Å². The van der Waals surface area contributed by atoms with E-state index in [1.807, 2.05) is 0 Å². The third-order valence-corrected chi connectivity index (χ3v) is 3.39. The van der Waals surface area contributed by atoms with Crippen molar-refractivity contribution < 1.29 is 0 Å². The first-order chi connectivity index (χ1) is 7.77. The monoisotopic (exact) mass is 219 g/mol. The molecular weight excluding hydrogens is 194 g/mol. The predicted molar refractivity (Wildman–Crippen MR) is 71.7 cm³/mol. The van der Waals surface area contributed by atoms with E-state index in [0.717, 1.165) is 5.92 Å². The van der Waals surface area contributed by atoms with Gasteiger partial charge in [-0.1, -0.05) is 50.6 Å². The van der Waals surface area contributed by atoms with Gasteiger partial charge in [-0.15, -0.1) is 0 Å². The van der Waals surface area contributed by atoms with Gasteiger partial charge >= 0.3 is 0 Å². The SMILES string of the molecule is CCCC(NC)C(C)CCc1ccccc1. The molecule has 16 heavy (non-hydrogen) atoms. The lowest BCUT2D eigenvalue weighted by atomic mass is 9.92. The van der Waals surface area contributed by atoms with Crippen LogP contribution in [-0.4, -0.2) is 13.1 Å². The van der Waals surface area contributed by atoms with Gasteiger partial charge in [0.05, 0.1) is 0 Å². The third kappa shape index (κ3) is 4.36. The Labute approximate surface area is 100 Å². The molecule has 90 valence electrons. The standard InChI is InChI=1S/C15H25N/c1-4-8-15(16-3)13(2)11-12-14-9-6-5-7-10-14/h5-7,9-10,13,15-16H,4,8,11-12H2,1-3H3. The summed E-state index contributed by atoms with van der Waals surface area (Å²) in [5.74, 6) is 0.755. The maximum Gasteiger partial charge on any atom is 0.00897 e. The maximum atomic E-state index is 3.44. The Morgan fingerprint density at radius 2 is 1.81 bits per heavy atom. The van der Waals surface area contributed by atoms with Crippen molar-refractivity contribution in [2.24, 2.45) is 5.92 Å². The molecule has 1 aromatic rings. The van der Waals surface area contributed by atoms with E-state index in [9.17, 15) is 0 Å². The van der Waals surface area contributed by atoms with E-state index >= 15 is 0 Å². The second-order valence-electron chi connectivity index (χ2n) is 4.69. The Hall–Kier alpha value is -0.820. The lowest BCUT2D eigenvalue weighted by molar-refractivity contribution is 0.355. The largest absolute Gasteiger partial charge is 0.317 e. The van der Waals surface area contributed by atoms with Gasteiger partial charge in [0.15, 0.2) is 0 Å². The topological polar surface area (TPSA) is 12.0 Å². The fraction of sp³-hybridized carbons (Fsp3) is 0.600. The van der Waals surface area contributed by atoms with Crippen molar-refractivity contribution >= 4 is 0 Å².